The van der Waals surface area contributed by atoms with Crippen molar-refractivity contribution in [1.82, 2.24) is 15.2 Å². The summed E-state index contributed by atoms with van der Waals surface area (Å²) in [6.45, 7) is 2.45. The molecule has 1 heterocycles. The van der Waals surface area contributed by atoms with Gasteiger partial charge < -0.3 is 10.6 Å². The van der Waals surface area contributed by atoms with E-state index >= 15 is 0 Å². The Kier molecular flexibility index (Phi) is 6.00. The highest BCUT2D eigenvalue weighted by molar-refractivity contribution is 7.15. The van der Waals surface area contributed by atoms with Crippen LogP contribution >= 0.6 is 11.3 Å². The van der Waals surface area contributed by atoms with Gasteiger partial charge in [0.15, 0.2) is 5.13 Å². The molecule has 1 aliphatic rings. The molecule has 26 heavy (non-hydrogen) atoms. The Morgan fingerprint density at radius 2 is 2.04 bits per heavy atom. The Labute approximate surface area is 157 Å². The number of nitrogens with one attached hydrogen (secondary N) is 2. The van der Waals surface area contributed by atoms with E-state index < -0.39 is 0 Å². The van der Waals surface area contributed by atoms with E-state index in [0.29, 0.717) is 11.2 Å². The highest BCUT2D eigenvalue weighted by Crippen LogP contribution is 2.21. The minimum Gasteiger partial charge on any atom is -0.352 e. The Morgan fingerprint density at radius 1 is 1.27 bits per heavy atom. The summed E-state index contributed by atoms with van der Waals surface area (Å²) < 4.78 is 0. The number of thiazole rings is 1. The van der Waals surface area contributed by atoms with Crippen molar-refractivity contribution < 1.29 is 9.59 Å². The zero-order chi connectivity index (χ0) is 18.5. The molecule has 1 aromatic carbocycles. The number of aromatic nitrogens is 1. The lowest BCUT2D eigenvalue weighted by atomic mass is 10.1. The lowest BCUT2D eigenvalue weighted by molar-refractivity contribution is -0.123. The van der Waals surface area contributed by atoms with Crippen molar-refractivity contribution in [3.05, 3.63) is 46.5 Å². The van der Waals surface area contributed by atoms with Gasteiger partial charge in [-0.15, -0.1) is 11.3 Å². The van der Waals surface area contributed by atoms with Gasteiger partial charge in [-0.2, -0.15) is 0 Å². The predicted molar refractivity (Wildman–Crippen MR) is 103 cm³/mol. The maximum Gasteiger partial charge on any atom is 0.240 e. The fraction of sp³-hybridized carbons (Fsp3) is 0.421. The average Bonchev–Trinajstić information content (AvgIpc) is 3.25. The van der Waals surface area contributed by atoms with E-state index in [1.54, 1.807) is 18.1 Å². The first-order chi connectivity index (χ1) is 12.5. The highest BCUT2D eigenvalue weighted by atomic mass is 32.1. The molecular weight excluding hydrogens is 348 g/mol. The molecule has 6 nitrogen and oxygen atoms in total. The lowest BCUT2D eigenvalue weighted by Gasteiger charge is -2.15. The molecule has 0 spiro atoms. The number of aryl methyl sites for hydroxylation is 1. The highest BCUT2D eigenvalue weighted by Gasteiger charge is 2.23. The van der Waals surface area contributed by atoms with Gasteiger partial charge in [0.05, 0.1) is 13.1 Å². The second-order valence-electron chi connectivity index (χ2n) is 6.86. The third-order valence-corrected chi connectivity index (χ3v) is 4.94. The largest absolute Gasteiger partial charge is 0.352 e. The fourth-order valence-electron chi connectivity index (χ4n) is 2.68. The number of carbonyl (C=O) groups excluding carboxylic acids is 2. The first-order valence-electron chi connectivity index (χ1n) is 8.76. The minimum atomic E-state index is -0.164. The summed E-state index contributed by atoms with van der Waals surface area (Å²) in [4.78, 5) is 31.0. The molecule has 0 saturated heterocycles. The maximum atomic E-state index is 12.1. The number of hydrogen-bond donors (Lipinski definition) is 2. The summed E-state index contributed by atoms with van der Waals surface area (Å²) in [5.41, 5.74) is 2.46. The molecule has 0 aliphatic heterocycles. The SMILES string of the molecule is Cc1cccc(Cc2cnc(NC(=O)CN(C)CC(=O)NC3CC3)s2)c1. The monoisotopic (exact) mass is 372 g/mol. The van der Waals surface area contributed by atoms with Gasteiger partial charge >= 0.3 is 0 Å². The summed E-state index contributed by atoms with van der Waals surface area (Å²) in [5, 5.41) is 6.32. The van der Waals surface area contributed by atoms with Crippen LogP contribution in [0.4, 0.5) is 5.13 Å². The van der Waals surface area contributed by atoms with Gasteiger partial charge in [-0.3, -0.25) is 14.5 Å². The van der Waals surface area contributed by atoms with Gasteiger partial charge in [-0.1, -0.05) is 29.8 Å². The van der Waals surface area contributed by atoms with Crippen molar-refractivity contribution in [1.29, 1.82) is 0 Å². The van der Waals surface area contributed by atoms with Gasteiger partial charge in [0.25, 0.3) is 0 Å². The van der Waals surface area contributed by atoms with Gasteiger partial charge in [0, 0.05) is 23.5 Å². The van der Waals surface area contributed by atoms with Gasteiger partial charge in [0.1, 0.15) is 0 Å². The van der Waals surface area contributed by atoms with Gasteiger partial charge in [0.2, 0.25) is 11.8 Å². The number of anilines is 1. The van der Waals surface area contributed by atoms with E-state index in [9.17, 15) is 9.59 Å². The van der Waals surface area contributed by atoms with E-state index in [-0.39, 0.29) is 24.9 Å². The Bertz CT molecular complexity index is 785. The van der Waals surface area contributed by atoms with Crippen LogP contribution in [0.3, 0.4) is 0 Å². The molecule has 1 aromatic heterocycles. The summed E-state index contributed by atoms with van der Waals surface area (Å²) >= 11 is 1.48. The molecule has 0 atom stereocenters. The molecule has 0 bridgehead atoms. The second-order valence-corrected chi connectivity index (χ2v) is 7.98. The van der Waals surface area contributed by atoms with E-state index in [1.807, 2.05) is 6.07 Å². The second kappa shape index (κ2) is 8.42. The number of nitrogens with zero attached hydrogens (tertiary/aromatic N) is 2. The van der Waals surface area contributed by atoms with Crippen LogP contribution in [0.5, 0.6) is 0 Å². The Hall–Kier alpha value is -2.25. The van der Waals surface area contributed by atoms with Crippen LogP contribution in [-0.4, -0.2) is 47.9 Å². The van der Waals surface area contributed by atoms with Crippen molar-refractivity contribution in [3.8, 4) is 0 Å². The minimum absolute atomic E-state index is 0.0301. The standard InChI is InChI=1S/C19H24N4O2S/c1-13-4-3-5-14(8-13)9-16-10-20-19(26-16)22-18(25)12-23(2)11-17(24)21-15-6-7-15/h3-5,8,10,15H,6-7,9,11-12H2,1-2H3,(H,21,24)(H,20,22,25). The first kappa shape index (κ1) is 18.5. The fourth-order valence-corrected chi connectivity index (χ4v) is 3.54. The molecule has 7 heteroatoms. The van der Waals surface area contributed by atoms with E-state index in [4.69, 9.17) is 0 Å². The molecule has 2 aromatic rings. The Balaban J connectivity index is 1.45. The van der Waals surface area contributed by atoms with Crippen LogP contribution in [0.2, 0.25) is 0 Å². The maximum absolute atomic E-state index is 12.1. The quantitative estimate of drug-likeness (QED) is 0.745. The van der Waals surface area contributed by atoms with Crippen LogP contribution in [0, 0.1) is 6.92 Å². The van der Waals surface area contributed by atoms with Gasteiger partial charge in [-0.05, 0) is 32.4 Å². The van der Waals surface area contributed by atoms with E-state index in [1.165, 1.54) is 22.5 Å². The number of benzene rings is 1. The third kappa shape index (κ3) is 5.93. The summed E-state index contributed by atoms with van der Waals surface area (Å²) in [7, 11) is 1.76. The Morgan fingerprint density at radius 3 is 2.77 bits per heavy atom. The zero-order valence-electron chi connectivity index (χ0n) is 15.1. The van der Waals surface area contributed by atoms with Crippen molar-refractivity contribution in [3.63, 3.8) is 0 Å². The molecule has 1 fully saturated rings. The van der Waals surface area contributed by atoms with Crippen molar-refractivity contribution in [2.24, 2.45) is 0 Å². The number of hydrogen-bond acceptors (Lipinski definition) is 5. The molecule has 0 radical (unpaired) electrons. The van der Waals surface area contributed by atoms with Crippen LogP contribution in [0.1, 0.15) is 28.8 Å². The molecule has 2 amide bonds. The van der Waals surface area contributed by atoms with Crippen molar-refractivity contribution in [2.45, 2.75) is 32.2 Å². The van der Waals surface area contributed by atoms with E-state index in [0.717, 1.165) is 24.1 Å². The summed E-state index contributed by atoms with van der Waals surface area (Å²) in [6, 6.07) is 8.70. The lowest BCUT2D eigenvalue weighted by Crippen LogP contribution is -2.39. The molecular formula is C19H24N4O2S. The number of likely N-dealkylation sites (N-methyl/N-ethyl adjacent to an activating group) is 1. The first-order valence-corrected chi connectivity index (χ1v) is 9.57. The average molecular weight is 372 g/mol. The third-order valence-electron chi connectivity index (χ3n) is 4.03. The van der Waals surface area contributed by atoms with Gasteiger partial charge in [-0.25, -0.2) is 4.98 Å². The van der Waals surface area contributed by atoms with Crippen molar-refractivity contribution >= 4 is 28.3 Å². The summed E-state index contributed by atoms with van der Waals surface area (Å²) in [5.74, 6) is -0.194. The van der Waals surface area contributed by atoms with Crippen LogP contribution in [-0.2, 0) is 16.0 Å². The normalized spacial score (nSPS) is 13.7. The smallest absolute Gasteiger partial charge is 0.240 e. The topological polar surface area (TPSA) is 74.3 Å². The van der Waals surface area contributed by atoms with E-state index in [2.05, 4.69) is 40.7 Å². The molecule has 1 saturated carbocycles. The zero-order valence-corrected chi connectivity index (χ0v) is 15.9. The van der Waals surface area contributed by atoms with Crippen LogP contribution < -0.4 is 10.6 Å². The molecule has 138 valence electrons. The number of amides is 2. The van der Waals surface area contributed by atoms with Crippen molar-refractivity contribution in [2.75, 3.05) is 25.5 Å². The number of carbonyl (C=O) groups is 2. The van der Waals surface area contributed by atoms with Crippen LogP contribution in [0.15, 0.2) is 30.5 Å². The number of rotatable bonds is 8. The predicted octanol–water partition coefficient (Wildman–Crippen LogP) is 2.19. The molecule has 3 rings (SSSR count). The summed E-state index contributed by atoms with van der Waals surface area (Å²) in [6.07, 6.45) is 4.72. The van der Waals surface area contributed by atoms with Crippen LogP contribution in [0.25, 0.3) is 0 Å². The molecule has 0 unspecified atom stereocenters. The molecule has 2 N–H and O–H groups in total. The molecule has 1 aliphatic carbocycles.